The maximum atomic E-state index is 11.0. The van der Waals surface area contributed by atoms with Gasteiger partial charge in [-0.1, -0.05) is 0 Å². The number of halogens is 5. The highest BCUT2D eigenvalue weighted by molar-refractivity contribution is 5.85. The molecule has 0 N–H and O–H groups in total. The van der Waals surface area contributed by atoms with E-state index in [1.54, 1.807) is 0 Å². The molecular formula is C3H3ClF4. The average Bonchev–Trinajstić information content (AvgIpc) is 1.65. The smallest absolute Gasteiger partial charge is 0.243 e. The number of alkyl halides is 1. The Balaban J connectivity index is 0. The van der Waals surface area contributed by atoms with E-state index in [0.717, 1.165) is 0 Å². The molecule has 0 aromatic rings. The Morgan fingerprint density at radius 2 is 1.50 bits per heavy atom. The third-order valence-electron chi connectivity index (χ3n) is 0.322. The monoisotopic (exact) mass is 150 g/mol. The van der Waals surface area contributed by atoms with Gasteiger partial charge in [0.2, 0.25) is 0 Å². The fraction of sp³-hybridized carbons (Fsp3) is 0.333. The second kappa shape index (κ2) is 4.90. The van der Waals surface area contributed by atoms with E-state index in [2.05, 4.69) is 0 Å². The molecule has 8 heavy (non-hydrogen) atoms. The average molecular weight is 151 g/mol. The lowest BCUT2D eigenvalue weighted by atomic mass is 10.6. The first kappa shape index (κ1) is 10.7. The van der Waals surface area contributed by atoms with Crippen LogP contribution in [-0.2, 0) is 0 Å². The van der Waals surface area contributed by atoms with Gasteiger partial charge in [0.1, 0.15) is 6.67 Å². The number of hydrogen-bond donors (Lipinski definition) is 0. The van der Waals surface area contributed by atoms with E-state index in [4.69, 9.17) is 0 Å². The predicted octanol–water partition coefficient (Wildman–Crippen LogP) is 2.46. The Morgan fingerprint density at radius 3 is 1.50 bits per heavy atom. The molecule has 0 aliphatic carbocycles. The van der Waals surface area contributed by atoms with E-state index in [-0.39, 0.29) is 12.4 Å². The first-order valence-corrected chi connectivity index (χ1v) is 1.44. The van der Waals surface area contributed by atoms with Gasteiger partial charge < -0.3 is 0 Å². The highest BCUT2D eigenvalue weighted by atomic mass is 35.5. The molecule has 0 aromatic heterocycles. The van der Waals surface area contributed by atoms with Gasteiger partial charge in [0.25, 0.3) is 0 Å². The molecule has 0 saturated carbocycles. The second-order valence-corrected chi connectivity index (χ2v) is 0.799. The van der Waals surface area contributed by atoms with Crippen LogP contribution in [0.1, 0.15) is 0 Å². The quantitative estimate of drug-likeness (QED) is 0.504. The van der Waals surface area contributed by atoms with Gasteiger partial charge in [-0.2, -0.15) is 8.78 Å². The van der Waals surface area contributed by atoms with Crippen LogP contribution in [0.2, 0.25) is 0 Å². The summed E-state index contributed by atoms with van der Waals surface area (Å²) in [5, 5.41) is 0. The highest BCUT2D eigenvalue weighted by Crippen LogP contribution is 2.07. The third kappa shape index (κ3) is 3.92. The van der Waals surface area contributed by atoms with Crippen LogP contribution >= 0.6 is 12.4 Å². The minimum Gasteiger partial charge on any atom is -0.243 e. The number of hydrogen-bond acceptors (Lipinski definition) is 0. The predicted molar refractivity (Wildman–Crippen MR) is 23.6 cm³/mol. The zero-order chi connectivity index (χ0) is 5.86. The van der Waals surface area contributed by atoms with E-state index in [1.165, 1.54) is 0 Å². The van der Waals surface area contributed by atoms with Crippen LogP contribution in [-0.4, -0.2) is 6.67 Å². The minimum absolute atomic E-state index is 0. The minimum atomic E-state index is -2.58. The zero-order valence-electron chi connectivity index (χ0n) is 3.63. The summed E-state index contributed by atoms with van der Waals surface area (Å²) in [5.74, 6) is -1.99. The SMILES string of the molecule is Cl.FCC(F)=C(F)F. The van der Waals surface area contributed by atoms with Crippen molar-refractivity contribution >= 4 is 12.4 Å². The first-order valence-electron chi connectivity index (χ1n) is 1.44. The van der Waals surface area contributed by atoms with Crippen LogP contribution in [0, 0.1) is 0 Å². The topological polar surface area (TPSA) is 0 Å². The van der Waals surface area contributed by atoms with Crippen molar-refractivity contribution < 1.29 is 17.6 Å². The molecule has 0 spiro atoms. The fourth-order valence-corrected chi connectivity index (χ4v) is 0.0505. The summed E-state index contributed by atoms with van der Waals surface area (Å²) in [5.41, 5.74) is 0. The molecule has 0 saturated heterocycles. The molecule has 0 rings (SSSR count). The Kier molecular flexibility index (Phi) is 6.54. The molecule has 0 heterocycles. The Bertz CT molecular complexity index is 85.3. The van der Waals surface area contributed by atoms with Gasteiger partial charge in [-0.25, -0.2) is 8.78 Å². The molecule has 0 amide bonds. The summed E-state index contributed by atoms with van der Waals surface area (Å²) in [6, 6.07) is 0. The van der Waals surface area contributed by atoms with Gasteiger partial charge in [0.15, 0.2) is 5.83 Å². The maximum absolute atomic E-state index is 11.0. The van der Waals surface area contributed by atoms with Crippen LogP contribution in [0.25, 0.3) is 0 Å². The van der Waals surface area contributed by atoms with Crippen molar-refractivity contribution in [2.24, 2.45) is 0 Å². The van der Waals surface area contributed by atoms with E-state index in [1.807, 2.05) is 0 Å². The van der Waals surface area contributed by atoms with Crippen molar-refractivity contribution in [3.8, 4) is 0 Å². The third-order valence-corrected chi connectivity index (χ3v) is 0.322. The van der Waals surface area contributed by atoms with Crippen LogP contribution < -0.4 is 0 Å². The van der Waals surface area contributed by atoms with E-state index >= 15 is 0 Å². The van der Waals surface area contributed by atoms with Gasteiger partial charge >= 0.3 is 6.08 Å². The molecule has 0 nitrogen and oxygen atoms in total. The molecule has 5 heteroatoms. The number of rotatable bonds is 1. The summed E-state index contributed by atoms with van der Waals surface area (Å²) in [7, 11) is 0. The van der Waals surface area contributed by atoms with Gasteiger partial charge in [-0.15, -0.1) is 12.4 Å². The summed E-state index contributed by atoms with van der Waals surface area (Å²) in [4.78, 5) is 0. The normalized spacial score (nSPS) is 7.50. The second-order valence-electron chi connectivity index (χ2n) is 0.799. The molecule has 0 aliphatic rings. The molecule has 0 aromatic carbocycles. The zero-order valence-corrected chi connectivity index (χ0v) is 4.44. The Hall–Kier alpha value is -0.250. The summed E-state index contributed by atoms with van der Waals surface area (Å²) < 4.78 is 43.1. The lowest BCUT2D eigenvalue weighted by molar-refractivity contribution is 0.348. The molecule has 0 unspecified atom stereocenters. The van der Waals surface area contributed by atoms with E-state index in [0.29, 0.717) is 0 Å². The molecule has 0 fully saturated rings. The Morgan fingerprint density at radius 1 is 1.12 bits per heavy atom. The van der Waals surface area contributed by atoms with Crippen LogP contribution in [0.4, 0.5) is 17.6 Å². The maximum Gasteiger partial charge on any atom is 0.304 e. The van der Waals surface area contributed by atoms with E-state index in [9.17, 15) is 17.6 Å². The Labute approximate surface area is 49.6 Å². The largest absolute Gasteiger partial charge is 0.304 e. The molecule has 0 aliphatic heterocycles. The molecule has 50 valence electrons. The summed E-state index contributed by atoms with van der Waals surface area (Å²) in [6.07, 6.45) is -2.58. The summed E-state index contributed by atoms with van der Waals surface area (Å²) >= 11 is 0. The van der Waals surface area contributed by atoms with Crippen molar-refractivity contribution in [3.05, 3.63) is 11.9 Å². The van der Waals surface area contributed by atoms with Crippen molar-refractivity contribution in [1.82, 2.24) is 0 Å². The van der Waals surface area contributed by atoms with Gasteiger partial charge in [-0.05, 0) is 0 Å². The first-order chi connectivity index (χ1) is 3.18. The molecular weight excluding hydrogens is 147 g/mol. The van der Waals surface area contributed by atoms with Crippen molar-refractivity contribution in [3.63, 3.8) is 0 Å². The van der Waals surface area contributed by atoms with Crippen molar-refractivity contribution in [2.75, 3.05) is 6.67 Å². The van der Waals surface area contributed by atoms with Crippen molar-refractivity contribution in [2.45, 2.75) is 0 Å². The number of allylic oxidation sites excluding steroid dienone is 1. The lowest BCUT2D eigenvalue weighted by Gasteiger charge is -1.79. The van der Waals surface area contributed by atoms with Crippen LogP contribution in [0.3, 0.4) is 0 Å². The molecule has 0 bridgehead atoms. The van der Waals surface area contributed by atoms with E-state index < -0.39 is 18.6 Å². The van der Waals surface area contributed by atoms with Gasteiger partial charge in [0, 0.05) is 0 Å². The lowest BCUT2D eigenvalue weighted by Crippen LogP contribution is -1.74. The van der Waals surface area contributed by atoms with Crippen molar-refractivity contribution in [1.29, 1.82) is 0 Å². The van der Waals surface area contributed by atoms with Gasteiger partial charge in [-0.3, -0.25) is 0 Å². The molecule has 0 atom stereocenters. The highest BCUT2D eigenvalue weighted by Gasteiger charge is 2.00. The standard InChI is InChI=1S/C3H2F4.ClH/c4-1-2(5)3(6)7;/h1H2;1H. The summed E-state index contributed by atoms with van der Waals surface area (Å²) in [6.45, 7) is -1.72. The van der Waals surface area contributed by atoms with Gasteiger partial charge in [0.05, 0.1) is 0 Å². The molecule has 0 radical (unpaired) electrons. The van der Waals surface area contributed by atoms with Crippen LogP contribution in [0.5, 0.6) is 0 Å². The fourth-order valence-electron chi connectivity index (χ4n) is 0.0505. The van der Waals surface area contributed by atoms with Crippen LogP contribution in [0.15, 0.2) is 11.9 Å².